The molecule has 1 aromatic rings. The van der Waals surface area contributed by atoms with Crippen LogP contribution in [0.3, 0.4) is 0 Å². The van der Waals surface area contributed by atoms with Gasteiger partial charge in [-0.3, -0.25) is 4.98 Å². The maximum atomic E-state index is 5.62. The number of ether oxygens (including phenoxy) is 1. The maximum Gasteiger partial charge on any atom is 0.0704 e. The minimum atomic E-state index is 0.338. The fourth-order valence-corrected chi connectivity index (χ4v) is 2.93. The number of morpholine rings is 1. The van der Waals surface area contributed by atoms with E-state index in [1.165, 1.54) is 11.3 Å². The Morgan fingerprint density at radius 2 is 2.35 bits per heavy atom. The molecule has 0 aromatic carbocycles. The first-order valence-corrected chi connectivity index (χ1v) is 7.25. The molecule has 1 atom stereocenters. The summed E-state index contributed by atoms with van der Waals surface area (Å²) < 4.78 is 8.02. The van der Waals surface area contributed by atoms with Crippen molar-refractivity contribution in [3.63, 3.8) is 0 Å². The Morgan fingerprint density at radius 1 is 1.53 bits per heavy atom. The molecule has 1 saturated heterocycles. The zero-order valence-corrected chi connectivity index (χ0v) is 11.5. The van der Waals surface area contributed by atoms with Crippen LogP contribution in [0.1, 0.15) is 37.1 Å². The van der Waals surface area contributed by atoms with Crippen LogP contribution in [0.25, 0.3) is 0 Å². The molecule has 1 aromatic heterocycles. The molecule has 0 amide bonds. The van der Waals surface area contributed by atoms with Gasteiger partial charge in [-0.05, 0) is 23.8 Å². The van der Waals surface area contributed by atoms with Gasteiger partial charge in [-0.15, -0.1) is 0 Å². The summed E-state index contributed by atoms with van der Waals surface area (Å²) in [5.41, 5.74) is 2.51. The van der Waals surface area contributed by atoms with Crippen molar-refractivity contribution in [2.24, 2.45) is 0 Å². The molecule has 1 aliphatic rings. The van der Waals surface area contributed by atoms with Gasteiger partial charge >= 0.3 is 0 Å². The summed E-state index contributed by atoms with van der Waals surface area (Å²) in [4.78, 5) is 4.53. The first-order chi connectivity index (χ1) is 8.24. The van der Waals surface area contributed by atoms with Gasteiger partial charge in [0.1, 0.15) is 0 Å². The van der Waals surface area contributed by atoms with Crippen LogP contribution in [0, 0.1) is 0 Å². The molecule has 3 nitrogen and oxygen atoms in total. The molecule has 0 radical (unpaired) electrons. The van der Waals surface area contributed by atoms with Crippen molar-refractivity contribution in [3.05, 3.63) is 29.6 Å². The van der Waals surface area contributed by atoms with Crippen LogP contribution in [0.4, 0.5) is 0 Å². The highest BCUT2D eigenvalue weighted by atomic mass is 32.2. The largest absolute Gasteiger partial charge is 0.378 e. The van der Waals surface area contributed by atoms with Gasteiger partial charge in [0, 0.05) is 18.4 Å². The topological polar surface area (TPSA) is 25.4 Å². The molecule has 0 spiro atoms. The molecular weight excluding hydrogens is 232 g/mol. The first-order valence-electron chi connectivity index (χ1n) is 6.07. The Balaban J connectivity index is 2.31. The summed E-state index contributed by atoms with van der Waals surface area (Å²) in [6, 6.07) is 4.55. The molecule has 1 aliphatic heterocycles. The predicted molar refractivity (Wildman–Crippen MR) is 72.1 cm³/mol. The van der Waals surface area contributed by atoms with Crippen molar-refractivity contribution in [1.82, 2.24) is 9.29 Å². The minimum absolute atomic E-state index is 0.338. The Morgan fingerprint density at radius 3 is 3.06 bits per heavy atom. The average Bonchev–Trinajstić information content (AvgIpc) is 2.38. The van der Waals surface area contributed by atoms with Gasteiger partial charge in [0.05, 0.1) is 19.3 Å². The van der Waals surface area contributed by atoms with Crippen molar-refractivity contribution in [2.75, 3.05) is 26.0 Å². The summed E-state index contributed by atoms with van der Waals surface area (Å²) >= 11 is 1.79. The summed E-state index contributed by atoms with van der Waals surface area (Å²) in [5, 5.41) is 0. The molecule has 2 rings (SSSR count). The lowest BCUT2D eigenvalue weighted by Crippen LogP contribution is -2.35. The van der Waals surface area contributed by atoms with Crippen LogP contribution in [-0.4, -0.2) is 35.3 Å². The van der Waals surface area contributed by atoms with Crippen LogP contribution >= 0.6 is 11.9 Å². The van der Waals surface area contributed by atoms with E-state index in [1.54, 1.807) is 11.9 Å². The predicted octanol–water partition coefficient (Wildman–Crippen LogP) is 2.86. The molecule has 0 bridgehead atoms. The number of nitrogens with zero attached hydrogens (tertiary/aromatic N) is 2. The minimum Gasteiger partial charge on any atom is -0.378 e. The fraction of sp³-hybridized carbons (Fsp3) is 0.615. The standard InChI is InChI=1S/C13H20N2OS/c1-10(2)13-11(5-4-6-14-13)12-9-16-8-7-15(12)17-3/h4-6,10,12H,7-9H2,1-3H3. The van der Waals surface area contributed by atoms with E-state index in [-0.39, 0.29) is 0 Å². The number of aromatic nitrogens is 1. The SMILES string of the molecule is CSN1CCOCC1c1cccnc1C(C)C. The number of hydrogen-bond donors (Lipinski definition) is 0. The quantitative estimate of drug-likeness (QED) is 0.772. The van der Waals surface area contributed by atoms with Gasteiger partial charge in [-0.1, -0.05) is 31.9 Å². The van der Waals surface area contributed by atoms with Crippen molar-refractivity contribution in [1.29, 1.82) is 0 Å². The van der Waals surface area contributed by atoms with E-state index < -0.39 is 0 Å². The van der Waals surface area contributed by atoms with E-state index in [2.05, 4.69) is 35.5 Å². The Labute approximate surface area is 108 Å². The van der Waals surface area contributed by atoms with Crippen LogP contribution in [0.5, 0.6) is 0 Å². The van der Waals surface area contributed by atoms with Crippen molar-refractivity contribution < 1.29 is 4.74 Å². The third-order valence-corrected chi connectivity index (χ3v) is 4.00. The molecule has 1 fully saturated rings. The molecule has 2 heterocycles. The second-order valence-electron chi connectivity index (χ2n) is 4.55. The fourth-order valence-electron chi connectivity index (χ4n) is 2.25. The first kappa shape index (κ1) is 12.9. The lowest BCUT2D eigenvalue weighted by Gasteiger charge is -2.35. The van der Waals surface area contributed by atoms with Crippen LogP contribution < -0.4 is 0 Å². The van der Waals surface area contributed by atoms with Crippen LogP contribution in [0.2, 0.25) is 0 Å². The molecule has 0 N–H and O–H groups in total. The third-order valence-electron chi connectivity index (χ3n) is 3.09. The van der Waals surface area contributed by atoms with Crippen molar-refractivity contribution >= 4 is 11.9 Å². The van der Waals surface area contributed by atoms with E-state index in [0.29, 0.717) is 12.0 Å². The van der Waals surface area contributed by atoms with Gasteiger partial charge in [-0.25, -0.2) is 4.31 Å². The number of pyridine rings is 1. The van der Waals surface area contributed by atoms with Gasteiger partial charge < -0.3 is 4.74 Å². The zero-order valence-electron chi connectivity index (χ0n) is 10.7. The Kier molecular flexibility index (Phi) is 4.42. The van der Waals surface area contributed by atoms with Gasteiger partial charge in [0.2, 0.25) is 0 Å². The average molecular weight is 252 g/mol. The van der Waals surface area contributed by atoms with E-state index >= 15 is 0 Å². The lowest BCUT2D eigenvalue weighted by atomic mass is 9.98. The molecule has 0 saturated carbocycles. The van der Waals surface area contributed by atoms with Gasteiger partial charge in [0.15, 0.2) is 0 Å². The maximum absolute atomic E-state index is 5.62. The van der Waals surface area contributed by atoms with Gasteiger partial charge in [-0.2, -0.15) is 0 Å². The van der Waals surface area contributed by atoms with E-state index in [0.717, 1.165) is 19.8 Å². The normalized spacial score (nSPS) is 22.0. The highest BCUT2D eigenvalue weighted by Crippen LogP contribution is 2.32. The van der Waals surface area contributed by atoms with E-state index in [1.807, 2.05) is 12.3 Å². The monoisotopic (exact) mass is 252 g/mol. The van der Waals surface area contributed by atoms with E-state index in [4.69, 9.17) is 4.74 Å². The molecular formula is C13H20N2OS. The molecule has 4 heteroatoms. The number of hydrogen-bond acceptors (Lipinski definition) is 4. The second-order valence-corrected chi connectivity index (χ2v) is 5.38. The third kappa shape index (κ3) is 2.81. The summed E-state index contributed by atoms with van der Waals surface area (Å²) in [7, 11) is 0. The molecule has 1 unspecified atom stereocenters. The number of rotatable bonds is 3. The highest BCUT2D eigenvalue weighted by molar-refractivity contribution is 7.96. The summed E-state index contributed by atoms with van der Waals surface area (Å²) in [6.45, 7) is 6.97. The second kappa shape index (κ2) is 5.85. The van der Waals surface area contributed by atoms with Crippen LogP contribution in [-0.2, 0) is 4.74 Å². The van der Waals surface area contributed by atoms with Crippen LogP contribution in [0.15, 0.2) is 18.3 Å². The Bertz CT molecular complexity index is 370. The van der Waals surface area contributed by atoms with E-state index in [9.17, 15) is 0 Å². The molecule has 0 aliphatic carbocycles. The molecule has 17 heavy (non-hydrogen) atoms. The lowest BCUT2D eigenvalue weighted by molar-refractivity contribution is 0.0366. The highest BCUT2D eigenvalue weighted by Gasteiger charge is 2.27. The van der Waals surface area contributed by atoms with Gasteiger partial charge in [0.25, 0.3) is 0 Å². The smallest absolute Gasteiger partial charge is 0.0704 e. The molecule has 94 valence electrons. The Hall–Kier alpha value is -0.580. The van der Waals surface area contributed by atoms with Crippen molar-refractivity contribution in [3.8, 4) is 0 Å². The zero-order chi connectivity index (χ0) is 12.3. The summed E-state index contributed by atoms with van der Waals surface area (Å²) in [5.74, 6) is 0.455. The summed E-state index contributed by atoms with van der Waals surface area (Å²) in [6.07, 6.45) is 4.01. The van der Waals surface area contributed by atoms with Crippen molar-refractivity contribution in [2.45, 2.75) is 25.8 Å².